The Morgan fingerprint density at radius 2 is 1.29 bits per heavy atom. The number of rotatable bonds is 9. The molecule has 0 saturated heterocycles. The molecule has 0 spiro atoms. The number of unbranched alkanes of at least 4 members (excludes halogenated alkanes) is 2. The maximum absolute atomic E-state index is 13.0. The lowest BCUT2D eigenvalue weighted by Crippen LogP contribution is -2.15. The predicted octanol–water partition coefficient (Wildman–Crippen LogP) is 8.51. The highest BCUT2D eigenvalue weighted by Crippen LogP contribution is 2.35. The van der Waals surface area contributed by atoms with Crippen molar-refractivity contribution in [2.75, 3.05) is 0 Å². The summed E-state index contributed by atoms with van der Waals surface area (Å²) in [5.41, 5.74) is 1.29. The van der Waals surface area contributed by atoms with E-state index >= 15 is 0 Å². The van der Waals surface area contributed by atoms with Crippen LogP contribution in [0.1, 0.15) is 96.0 Å². The van der Waals surface area contributed by atoms with Crippen LogP contribution < -0.4 is 0 Å². The highest BCUT2D eigenvalue weighted by atomic mass is 19.1. The summed E-state index contributed by atoms with van der Waals surface area (Å²) in [6.45, 7) is 2.31. The maximum atomic E-state index is 13.0. The van der Waals surface area contributed by atoms with E-state index in [4.69, 9.17) is 0 Å². The Morgan fingerprint density at radius 3 is 1.82 bits per heavy atom. The summed E-state index contributed by atoms with van der Waals surface area (Å²) in [5, 5.41) is 0. The van der Waals surface area contributed by atoms with Gasteiger partial charge >= 0.3 is 0 Å². The van der Waals surface area contributed by atoms with Gasteiger partial charge in [-0.3, -0.25) is 0 Å². The number of aryl methyl sites for hydroxylation is 1. The molecule has 2 saturated carbocycles. The van der Waals surface area contributed by atoms with Gasteiger partial charge in [-0.1, -0.05) is 56.9 Å². The minimum atomic E-state index is -0.124. The monoisotopic (exact) mass is 384 g/mol. The van der Waals surface area contributed by atoms with Gasteiger partial charge in [0.25, 0.3) is 0 Å². The molecule has 0 nitrogen and oxygen atoms in total. The van der Waals surface area contributed by atoms with Crippen molar-refractivity contribution in [2.24, 2.45) is 23.7 Å². The van der Waals surface area contributed by atoms with Gasteiger partial charge in [0.15, 0.2) is 0 Å². The predicted molar refractivity (Wildman–Crippen MR) is 119 cm³/mol. The summed E-state index contributed by atoms with van der Waals surface area (Å²) in [5.74, 6) is 3.45. The van der Waals surface area contributed by atoms with E-state index in [1.54, 1.807) is 12.1 Å². The fraction of sp³-hybridized carbons (Fsp3) is 0.704. The second-order valence-corrected chi connectivity index (χ2v) is 9.61. The van der Waals surface area contributed by atoms with Crippen molar-refractivity contribution in [2.45, 2.75) is 96.8 Å². The largest absolute Gasteiger partial charge is 0.207 e. The molecule has 0 bridgehead atoms. The van der Waals surface area contributed by atoms with E-state index in [-0.39, 0.29) is 5.82 Å². The maximum Gasteiger partial charge on any atom is 0.123 e. The molecule has 2 aliphatic rings. The number of halogens is 1. The Labute approximate surface area is 173 Å². The van der Waals surface area contributed by atoms with Gasteiger partial charge in [-0.2, -0.15) is 0 Å². The second-order valence-electron chi connectivity index (χ2n) is 9.61. The van der Waals surface area contributed by atoms with Crippen LogP contribution in [0.15, 0.2) is 36.4 Å². The van der Waals surface area contributed by atoms with Gasteiger partial charge in [0.05, 0.1) is 0 Å². The zero-order chi connectivity index (χ0) is 19.6. The third-order valence-corrected chi connectivity index (χ3v) is 7.41. The smallest absolute Gasteiger partial charge is 0.123 e. The van der Waals surface area contributed by atoms with E-state index in [0.29, 0.717) is 0 Å². The van der Waals surface area contributed by atoms with E-state index in [0.717, 1.165) is 30.1 Å². The number of hydrogen-bond donors (Lipinski definition) is 0. The lowest BCUT2D eigenvalue weighted by Gasteiger charge is -2.29. The van der Waals surface area contributed by atoms with Crippen molar-refractivity contribution in [3.63, 3.8) is 0 Å². The van der Waals surface area contributed by atoms with Crippen LogP contribution in [-0.4, -0.2) is 0 Å². The average molecular weight is 385 g/mol. The van der Waals surface area contributed by atoms with Crippen molar-refractivity contribution in [1.29, 1.82) is 0 Å². The van der Waals surface area contributed by atoms with Crippen LogP contribution in [0.3, 0.4) is 0 Å². The lowest BCUT2D eigenvalue weighted by molar-refractivity contribution is 0.282. The average Bonchev–Trinajstić information content (AvgIpc) is 2.74. The summed E-state index contributed by atoms with van der Waals surface area (Å²) in [4.78, 5) is 0. The normalized spacial score (nSPS) is 28.6. The molecule has 0 atom stereocenters. The van der Waals surface area contributed by atoms with Gasteiger partial charge in [-0.15, -0.1) is 0 Å². The molecule has 0 heterocycles. The summed E-state index contributed by atoms with van der Waals surface area (Å²) in [6.07, 6.45) is 24.5. The Balaban J connectivity index is 1.29. The van der Waals surface area contributed by atoms with Crippen LogP contribution in [0, 0.1) is 29.5 Å². The molecule has 2 aliphatic carbocycles. The molecule has 1 heteroatoms. The van der Waals surface area contributed by atoms with E-state index in [2.05, 4.69) is 19.1 Å². The topological polar surface area (TPSA) is 0 Å². The van der Waals surface area contributed by atoms with E-state index < -0.39 is 0 Å². The van der Waals surface area contributed by atoms with Crippen molar-refractivity contribution >= 4 is 0 Å². The van der Waals surface area contributed by atoms with Crippen molar-refractivity contribution in [3.05, 3.63) is 47.8 Å². The van der Waals surface area contributed by atoms with Crippen molar-refractivity contribution in [3.8, 4) is 0 Å². The molecule has 1 aromatic carbocycles. The van der Waals surface area contributed by atoms with Crippen LogP contribution in [-0.2, 0) is 6.42 Å². The minimum Gasteiger partial charge on any atom is -0.207 e. The second kappa shape index (κ2) is 11.8. The van der Waals surface area contributed by atoms with Gasteiger partial charge in [0.1, 0.15) is 5.82 Å². The molecule has 3 rings (SSSR count). The molecular weight excluding hydrogens is 343 g/mol. The quantitative estimate of drug-likeness (QED) is 0.296. The van der Waals surface area contributed by atoms with E-state index in [9.17, 15) is 4.39 Å². The molecule has 0 amide bonds. The first-order valence-electron chi connectivity index (χ1n) is 12.2. The molecule has 2 fully saturated rings. The molecule has 0 aliphatic heterocycles. The van der Waals surface area contributed by atoms with Crippen molar-refractivity contribution < 1.29 is 4.39 Å². The molecule has 1 aromatic rings. The van der Waals surface area contributed by atoms with Crippen LogP contribution in [0.2, 0.25) is 0 Å². The third-order valence-electron chi connectivity index (χ3n) is 7.41. The highest BCUT2D eigenvalue weighted by molar-refractivity contribution is 5.16. The molecule has 0 radical (unpaired) electrons. The Kier molecular flexibility index (Phi) is 9.09. The Bertz CT molecular complexity index is 556. The zero-order valence-electron chi connectivity index (χ0n) is 18.1. The first-order valence-corrected chi connectivity index (χ1v) is 12.2. The van der Waals surface area contributed by atoms with Gasteiger partial charge in [0, 0.05) is 0 Å². The Hall–Kier alpha value is -1.11. The van der Waals surface area contributed by atoms with Gasteiger partial charge in [-0.05, 0) is 106 Å². The fourth-order valence-corrected chi connectivity index (χ4v) is 5.36. The van der Waals surface area contributed by atoms with Gasteiger partial charge in [0.2, 0.25) is 0 Å². The molecule has 0 unspecified atom stereocenters. The van der Waals surface area contributed by atoms with Crippen LogP contribution >= 0.6 is 0 Å². The summed E-state index contributed by atoms with van der Waals surface area (Å²) in [6, 6.07) is 7.08. The minimum absolute atomic E-state index is 0.124. The Morgan fingerprint density at radius 1 is 0.750 bits per heavy atom. The van der Waals surface area contributed by atoms with Gasteiger partial charge < -0.3 is 0 Å². The molecular formula is C27H41F. The number of benzene rings is 1. The summed E-state index contributed by atoms with van der Waals surface area (Å²) < 4.78 is 13.0. The van der Waals surface area contributed by atoms with Gasteiger partial charge in [-0.25, -0.2) is 4.39 Å². The number of hydrogen-bond acceptors (Lipinski definition) is 0. The first-order chi connectivity index (χ1) is 13.7. The molecule has 0 aromatic heterocycles. The lowest BCUT2D eigenvalue weighted by atomic mass is 9.77. The first kappa shape index (κ1) is 21.6. The SMILES string of the molecule is CCCCC[C@H]1CC[C@H](/C=C/[C@H]2CC[C@H](CCc3ccc(F)cc3)CC2)CC1. The molecule has 28 heavy (non-hydrogen) atoms. The summed E-state index contributed by atoms with van der Waals surface area (Å²) >= 11 is 0. The van der Waals surface area contributed by atoms with E-state index in [1.165, 1.54) is 89.0 Å². The zero-order valence-corrected chi connectivity index (χ0v) is 18.1. The molecule has 0 N–H and O–H groups in total. The van der Waals surface area contributed by atoms with Crippen molar-refractivity contribution in [1.82, 2.24) is 0 Å². The van der Waals surface area contributed by atoms with Crippen LogP contribution in [0.5, 0.6) is 0 Å². The summed E-state index contributed by atoms with van der Waals surface area (Å²) in [7, 11) is 0. The van der Waals surface area contributed by atoms with Crippen LogP contribution in [0.4, 0.5) is 4.39 Å². The number of allylic oxidation sites excluding steroid dienone is 2. The molecule has 156 valence electrons. The van der Waals surface area contributed by atoms with Crippen LogP contribution in [0.25, 0.3) is 0 Å². The highest BCUT2D eigenvalue weighted by Gasteiger charge is 2.21. The fourth-order valence-electron chi connectivity index (χ4n) is 5.36. The third kappa shape index (κ3) is 7.37. The standard InChI is InChI=1S/C27H41F/c1-2-3-4-5-22-6-8-23(9-7-22)10-11-24-12-14-25(15-13-24)16-17-26-18-20-27(28)21-19-26/h10-11,18-25H,2-9,12-17H2,1H3/b11-10+/t22-,23-,24-,25-. The van der Waals surface area contributed by atoms with E-state index in [1.807, 2.05) is 12.1 Å².